The zero-order chi connectivity index (χ0) is 14.2. The van der Waals surface area contributed by atoms with Crippen molar-refractivity contribution in [2.24, 2.45) is 5.73 Å². The maximum atomic E-state index is 12.5. The molecule has 0 radical (unpaired) electrons. The third-order valence-corrected chi connectivity index (χ3v) is 4.41. The van der Waals surface area contributed by atoms with Gasteiger partial charge in [0.15, 0.2) is 0 Å². The summed E-state index contributed by atoms with van der Waals surface area (Å²) < 4.78 is 1.01. The van der Waals surface area contributed by atoms with Crippen LogP contribution in [-0.4, -0.2) is 42.5 Å². The van der Waals surface area contributed by atoms with Gasteiger partial charge in [0.05, 0.1) is 0 Å². The largest absolute Gasteiger partial charge is 0.328 e. The van der Waals surface area contributed by atoms with Crippen LogP contribution in [0.2, 0.25) is 0 Å². The lowest BCUT2D eigenvalue weighted by Crippen LogP contribution is -2.67. The molecule has 1 saturated heterocycles. The summed E-state index contributed by atoms with van der Waals surface area (Å²) in [5, 5.41) is 0. The van der Waals surface area contributed by atoms with Gasteiger partial charge in [0.1, 0.15) is 6.04 Å². The van der Waals surface area contributed by atoms with E-state index in [1.165, 1.54) is 0 Å². The van der Waals surface area contributed by atoms with Crippen molar-refractivity contribution in [2.45, 2.75) is 25.4 Å². The molecule has 1 heterocycles. The lowest BCUT2D eigenvalue weighted by molar-refractivity contribution is -0.128. The van der Waals surface area contributed by atoms with E-state index in [2.05, 4.69) is 34.7 Å². The van der Waals surface area contributed by atoms with Crippen LogP contribution in [0, 0.1) is 0 Å². The normalized spacial score (nSPS) is 23.7. The molecule has 1 aliphatic rings. The molecule has 1 aromatic rings. The second-order valence-corrected chi connectivity index (χ2v) is 6.49. The molecule has 19 heavy (non-hydrogen) atoms. The molecule has 2 rings (SSSR count). The van der Waals surface area contributed by atoms with Crippen LogP contribution in [0.1, 0.15) is 13.8 Å². The summed E-state index contributed by atoms with van der Waals surface area (Å²) in [6, 6.07) is 7.55. The fourth-order valence-corrected chi connectivity index (χ4v) is 2.71. The van der Waals surface area contributed by atoms with Gasteiger partial charge in [-0.3, -0.25) is 9.69 Å². The van der Waals surface area contributed by atoms with Gasteiger partial charge < -0.3 is 10.6 Å². The molecule has 0 saturated carbocycles. The highest BCUT2D eigenvalue weighted by atomic mass is 79.9. The average Bonchev–Trinajstić information content (AvgIpc) is 2.36. The Kier molecular flexibility index (Phi) is 3.99. The van der Waals surface area contributed by atoms with Crippen LogP contribution < -0.4 is 10.6 Å². The van der Waals surface area contributed by atoms with Crippen molar-refractivity contribution in [3.8, 4) is 0 Å². The van der Waals surface area contributed by atoms with E-state index in [9.17, 15) is 4.79 Å². The molecule has 0 spiro atoms. The monoisotopic (exact) mass is 325 g/mol. The standard InChI is InChI=1S/C14H20BrN3O/c1-14(2)9-18(11-6-4-10(15)5-7-11)13(19)12(8-16)17(14)3/h4-7,12H,8-9,16H2,1-3H3. The first-order chi connectivity index (χ1) is 8.86. The highest BCUT2D eigenvalue weighted by Gasteiger charge is 2.42. The Morgan fingerprint density at radius 3 is 2.47 bits per heavy atom. The Morgan fingerprint density at radius 1 is 1.37 bits per heavy atom. The summed E-state index contributed by atoms with van der Waals surface area (Å²) in [6.07, 6.45) is 0. The number of anilines is 1. The van der Waals surface area contributed by atoms with E-state index < -0.39 is 0 Å². The molecule has 104 valence electrons. The van der Waals surface area contributed by atoms with Crippen molar-refractivity contribution in [2.75, 3.05) is 25.0 Å². The van der Waals surface area contributed by atoms with Gasteiger partial charge in [-0.15, -0.1) is 0 Å². The smallest absolute Gasteiger partial charge is 0.245 e. The molecule has 1 unspecified atom stereocenters. The molecule has 1 atom stereocenters. The first-order valence-electron chi connectivity index (χ1n) is 6.37. The Bertz CT molecular complexity index is 472. The van der Waals surface area contributed by atoms with Gasteiger partial charge in [-0.25, -0.2) is 0 Å². The number of carbonyl (C=O) groups excluding carboxylic acids is 1. The summed E-state index contributed by atoms with van der Waals surface area (Å²) in [6.45, 7) is 5.27. The van der Waals surface area contributed by atoms with Crippen molar-refractivity contribution in [1.29, 1.82) is 0 Å². The average molecular weight is 326 g/mol. The molecule has 2 N–H and O–H groups in total. The number of hydrogen-bond donors (Lipinski definition) is 1. The quantitative estimate of drug-likeness (QED) is 0.902. The minimum atomic E-state index is -0.257. The lowest BCUT2D eigenvalue weighted by Gasteiger charge is -2.49. The van der Waals surface area contributed by atoms with Crippen molar-refractivity contribution in [3.63, 3.8) is 0 Å². The van der Waals surface area contributed by atoms with E-state index in [1.807, 2.05) is 36.2 Å². The van der Waals surface area contributed by atoms with Gasteiger partial charge in [-0.2, -0.15) is 0 Å². The van der Waals surface area contributed by atoms with Crippen molar-refractivity contribution in [1.82, 2.24) is 4.90 Å². The molecule has 4 nitrogen and oxygen atoms in total. The fourth-order valence-electron chi connectivity index (χ4n) is 2.44. The number of hydrogen-bond acceptors (Lipinski definition) is 3. The minimum Gasteiger partial charge on any atom is -0.328 e. The molecule has 0 aromatic heterocycles. The van der Waals surface area contributed by atoms with Crippen LogP contribution in [0.15, 0.2) is 28.7 Å². The fraction of sp³-hybridized carbons (Fsp3) is 0.500. The van der Waals surface area contributed by atoms with Crippen LogP contribution >= 0.6 is 15.9 Å². The zero-order valence-corrected chi connectivity index (χ0v) is 13.1. The van der Waals surface area contributed by atoms with Crippen LogP contribution in [0.25, 0.3) is 0 Å². The lowest BCUT2D eigenvalue weighted by atomic mass is 9.94. The van der Waals surface area contributed by atoms with E-state index in [0.29, 0.717) is 13.1 Å². The van der Waals surface area contributed by atoms with Gasteiger partial charge in [0.2, 0.25) is 5.91 Å². The summed E-state index contributed by atoms with van der Waals surface area (Å²) in [5.41, 5.74) is 6.60. The van der Waals surface area contributed by atoms with Gasteiger partial charge in [-0.1, -0.05) is 15.9 Å². The molecule has 0 aliphatic carbocycles. The predicted molar refractivity (Wildman–Crippen MR) is 81.2 cm³/mol. The van der Waals surface area contributed by atoms with Crippen LogP contribution in [-0.2, 0) is 4.79 Å². The van der Waals surface area contributed by atoms with Crippen LogP contribution in [0.4, 0.5) is 5.69 Å². The molecule has 1 aromatic carbocycles. The molecular formula is C14H20BrN3O. The number of piperazine rings is 1. The topological polar surface area (TPSA) is 49.6 Å². The summed E-state index contributed by atoms with van der Waals surface area (Å²) >= 11 is 3.41. The van der Waals surface area contributed by atoms with E-state index in [4.69, 9.17) is 5.73 Å². The van der Waals surface area contributed by atoms with E-state index in [1.54, 1.807) is 0 Å². The number of carbonyl (C=O) groups is 1. The Balaban J connectivity index is 2.35. The van der Waals surface area contributed by atoms with E-state index >= 15 is 0 Å². The van der Waals surface area contributed by atoms with Crippen LogP contribution in [0.3, 0.4) is 0 Å². The van der Waals surface area contributed by atoms with Gasteiger partial charge in [-0.05, 0) is 45.2 Å². The van der Waals surface area contributed by atoms with Crippen LogP contribution in [0.5, 0.6) is 0 Å². The molecule has 1 fully saturated rings. The van der Waals surface area contributed by atoms with Crippen molar-refractivity contribution in [3.05, 3.63) is 28.7 Å². The zero-order valence-electron chi connectivity index (χ0n) is 11.6. The summed E-state index contributed by atoms with van der Waals surface area (Å²) in [5.74, 6) is 0.0756. The molecule has 1 aliphatic heterocycles. The van der Waals surface area contributed by atoms with Gasteiger partial charge in [0, 0.05) is 28.8 Å². The molecule has 5 heteroatoms. The number of likely N-dealkylation sites (N-methyl/N-ethyl adjacent to an activating group) is 1. The van der Waals surface area contributed by atoms with Gasteiger partial charge >= 0.3 is 0 Å². The van der Waals surface area contributed by atoms with Gasteiger partial charge in [0.25, 0.3) is 0 Å². The first kappa shape index (κ1) is 14.5. The second kappa shape index (κ2) is 5.23. The SMILES string of the molecule is CN1C(CN)C(=O)N(c2ccc(Br)cc2)CC1(C)C. The number of halogens is 1. The van der Waals surface area contributed by atoms with Crippen molar-refractivity contribution < 1.29 is 4.79 Å². The molecule has 0 bridgehead atoms. The predicted octanol–water partition coefficient (Wildman–Crippen LogP) is 1.83. The van der Waals surface area contributed by atoms with E-state index in [0.717, 1.165) is 10.2 Å². The Morgan fingerprint density at radius 2 is 1.95 bits per heavy atom. The number of nitrogens with zero attached hydrogens (tertiary/aromatic N) is 2. The maximum Gasteiger partial charge on any atom is 0.245 e. The van der Waals surface area contributed by atoms with E-state index in [-0.39, 0.29) is 17.5 Å². The highest BCUT2D eigenvalue weighted by Crippen LogP contribution is 2.29. The maximum absolute atomic E-state index is 12.5. The number of amides is 1. The second-order valence-electron chi connectivity index (χ2n) is 5.58. The third kappa shape index (κ3) is 2.68. The molecule has 1 amide bonds. The first-order valence-corrected chi connectivity index (χ1v) is 7.16. The summed E-state index contributed by atoms with van der Waals surface area (Å²) in [4.78, 5) is 16.4. The highest BCUT2D eigenvalue weighted by molar-refractivity contribution is 9.10. The Labute approximate surface area is 122 Å². The number of benzene rings is 1. The minimum absolute atomic E-state index is 0.0756. The third-order valence-electron chi connectivity index (χ3n) is 3.88. The van der Waals surface area contributed by atoms with Crippen molar-refractivity contribution >= 4 is 27.5 Å². The summed E-state index contributed by atoms with van der Waals surface area (Å²) in [7, 11) is 1.97. The molecular weight excluding hydrogens is 306 g/mol. The number of rotatable bonds is 2. The number of nitrogens with two attached hydrogens (primary N) is 1. The Hall–Kier alpha value is -0.910.